The van der Waals surface area contributed by atoms with Crippen molar-refractivity contribution < 1.29 is 0 Å². The van der Waals surface area contributed by atoms with Gasteiger partial charge in [-0.05, 0) is 0 Å². The molecule has 0 saturated heterocycles. The summed E-state index contributed by atoms with van der Waals surface area (Å²) in [5, 5.41) is 3.01. The first-order valence-electron chi connectivity index (χ1n) is 2.85. The van der Waals surface area contributed by atoms with E-state index < -0.39 is 0 Å². The van der Waals surface area contributed by atoms with E-state index in [-0.39, 0.29) is 5.41 Å². The molecule has 0 aliphatic heterocycles. The molecule has 0 aromatic heterocycles. The zero-order chi connectivity index (χ0) is 6.78. The van der Waals surface area contributed by atoms with Crippen molar-refractivity contribution in [3.63, 3.8) is 0 Å². The van der Waals surface area contributed by atoms with Gasteiger partial charge in [0, 0.05) is 18.2 Å². The van der Waals surface area contributed by atoms with Crippen molar-refractivity contribution in [3.05, 3.63) is 12.3 Å². The third-order valence-corrected chi connectivity index (χ3v) is 1.21. The second kappa shape index (κ2) is 2.21. The number of hydrogen-bond acceptors (Lipinski definition) is 1. The predicted octanol–water partition coefficient (Wildman–Crippen LogP) is 1.77. The topological polar surface area (TPSA) is 12.0 Å². The fourth-order valence-corrected chi connectivity index (χ4v) is 0.375. The van der Waals surface area contributed by atoms with Crippen LogP contribution in [-0.2, 0) is 0 Å². The number of allylic oxidation sites excluding steroid dienone is 1. The first-order valence-corrected chi connectivity index (χ1v) is 2.85. The van der Waals surface area contributed by atoms with Crippen molar-refractivity contribution in [1.29, 1.82) is 0 Å². The lowest BCUT2D eigenvalue weighted by atomic mass is 9.93. The van der Waals surface area contributed by atoms with Gasteiger partial charge in [-0.15, -0.1) is 0 Å². The fourth-order valence-electron chi connectivity index (χ4n) is 0.375. The van der Waals surface area contributed by atoms with Gasteiger partial charge in [-0.25, -0.2) is 0 Å². The molecule has 48 valence electrons. The van der Waals surface area contributed by atoms with Gasteiger partial charge < -0.3 is 5.32 Å². The summed E-state index contributed by atoms with van der Waals surface area (Å²) < 4.78 is 0. The molecule has 0 aliphatic rings. The first-order chi connectivity index (χ1) is 3.48. The molecule has 1 N–H and O–H groups in total. The van der Waals surface area contributed by atoms with Crippen molar-refractivity contribution >= 4 is 0 Å². The Balaban J connectivity index is 3.82. The average molecular weight is 113 g/mol. The zero-order valence-corrected chi connectivity index (χ0v) is 6.21. The molecule has 0 aliphatic carbocycles. The van der Waals surface area contributed by atoms with Gasteiger partial charge in [0.1, 0.15) is 0 Å². The van der Waals surface area contributed by atoms with Crippen molar-refractivity contribution in [2.24, 2.45) is 5.41 Å². The molecule has 0 rings (SSSR count). The zero-order valence-electron chi connectivity index (χ0n) is 6.21. The van der Waals surface area contributed by atoms with Crippen molar-refractivity contribution in [3.8, 4) is 0 Å². The quantitative estimate of drug-likeness (QED) is 0.546. The van der Waals surface area contributed by atoms with Crippen LogP contribution in [0.2, 0.25) is 0 Å². The van der Waals surface area contributed by atoms with Gasteiger partial charge in [0.25, 0.3) is 0 Å². The standard InChI is InChI=1S/C7H15N/c1-6(8-5)7(2,3)4/h8H,1H2,2-5H3. The van der Waals surface area contributed by atoms with Crippen LogP contribution in [0.3, 0.4) is 0 Å². The maximum atomic E-state index is 3.83. The SMILES string of the molecule is C=C(NC)C(C)(C)C. The summed E-state index contributed by atoms with van der Waals surface area (Å²) in [6.07, 6.45) is 0. The molecule has 0 saturated carbocycles. The monoisotopic (exact) mass is 113 g/mol. The number of nitrogens with one attached hydrogen (secondary N) is 1. The Labute approximate surface area is 51.8 Å². The van der Waals surface area contributed by atoms with Crippen LogP contribution in [-0.4, -0.2) is 7.05 Å². The molecule has 0 aromatic carbocycles. The second-order valence-corrected chi connectivity index (χ2v) is 2.98. The van der Waals surface area contributed by atoms with Crippen molar-refractivity contribution in [2.45, 2.75) is 20.8 Å². The van der Waals surface area contributed by atoms with Gasteiger partial charge in [-0.1, -0.05) is 27.4 Å². The molecule has 0 aromatic rings. The fraction of sp³-hybridized carbons (Fsp3) is 0.714. The second-order valence-electron chi connectivity index (χ2n) is 2.98. The maximum Gasteiger partial charge on any atom is 0.00856 e. The molecule has 1 nitrogen and oxygen atoms in total. The largest absolute Gasteiger partial charge is 0.391 e. The Bertz CT molecular complexity index is 87.1. The third-order valence-electron chi connectivity index (χ3n) is 1.21. The van der Waals surface area contributed by atoms with Crippen LogP contribution >= 0.6 is 0 Å². The van der Waals surface area contributed by atoms with Crippen LogP contribution in [0.5, 0.6) is 0 Å². The summed E-state index contributed by atoms with van der Waals surface area (Å²) >= 11 is 0. The molecule has 0 fully saturated rings. The minimum atomic E-state index is 0.203. The Hall–Kier alpha value is -0.460. The highest BCUT2D eigenvalue weighted by Crippen LogP contribution is 2.19. The maximum absolute atomic E-state index is 3.83. The van der Waals surface area contributed by atoms with Crippen LogP contribution in [0.25, 0.3) is 0 Å². The molecule has 0 unspecified atom stereocenters. The highest BCUT2D eigenvalue weighted by molar-refractivity contribution is 5.00. The predicted molar refractivity (Wildman–Crippen MR) is 37.7 cm³/mol. The van der Waals surface area contributed by atoms with E-state index in [1.165, 1.54) is 0 Å². The minimum Gasteiger partial charge on any atom is -0.391 e. The van der Waals surface area contributed by atoms with Gasteiger partial charge in [0.15, 0.2) is 0 Å². The van der Waals surface area contributed by atoms with E-state index in [0.29, 0.717) is 0 Å². The normalized spacial score (nSPS) is 11.0. The van der Waals surface area contributed by atoms with E-state index in [2.05, 4.69) is 32.7 Å². The average Bonchev–Trinajstić information content (AvgIpc) is 1.62. The van der Waals surface area contributed by atoms with Crippen molar-refractivity contribution in [2.75, 3.05) is 7.05 Å². The molecule has 8 heavy (non-hydrogen) atoms. The lowest BCUT2D eigenvalue weighted by Crippen LogP contribution is -2.19. The molecule has 1 heteroatoms. The highest BCUT2D eigenvalue weighted by atomic mass is 14.8. The van der Waals surface area contributed by atoms with Crippen LogP contribution in [0.4, 0.5) is 0 Å². The summed E-state index contributed by atoms with van der Waals surface area (Å²) in [4.78, 5) is 0. The molecule has 0 radical (unpaired) electrons. The Kier molecular flexibility index (Phi) is 2.08. The van der Waals surface area contributed by atoms with Crippen LogP contribution < -0.4 is 5.32 Å². The summed E-state index contributed by atoms with van der Waals surface area (Å²) in [5.41, 5.74) is 1.28. The minimum absolute atomic E-state index is 0.203. The van der Waals surface area contributed by atoms with Gasteiger partial charge >= 0.3 is 0 Å². The molecule has 0 amide bonds. The van der Waals surface area contributed by atoms with E-state index >= 15 is 0 Å². The molecule has 0 heterocycles. The number of rotatable bonds is 1. The van der Waals surface area contributed by atoms with E-state index in [1.807, 2.05) is 7.05 Å². The van der Waals surface area contributed by atoms with Gasteiger partial charge in [0.2, 0.25) is 0 Å². The number of hydrogen-bond donors (Lipinski definition) is 1. The molecule has 0 bridgehead atoms. The first kappa shape index (κ1) is 7.54. The summed E-state index contributed by atoms with van der Waals surface area (Å²) in [6.45, 7) is 10.2. The Morgan fingerprint density at radius 1 is 1.38 bits per heavy atom. The Morgan fingerprint density at radius 2 is 1.75 bits per heavy atom. The van der Waals surface area contributed by atoms with Gasteiger partial charge in [-0.3, -0.25) is 0 Å². The summed E-state index contributed by atoms with van der Waals surface area (Å²) in [7, 11) is 1.90. The van der Waals surface area contributed by atoms with Gasteiger partial charge in [0.05, 0.1) is 0 Å². The van der Waals surface area contributed by atoms with E-state index in [1.54, 1.807) is 0 Å². The smallest absolute Gasteiger partial charge is 0.00856 e. The van der Waals surface area contributed by atoms with Crippen LogP contribution in [0, 0.1) is 5.41 Å². The lowest BCUT2D eigenvalue weighted by molar-refractivity contribution is 0.475. The highest BCUT2D eigenvalue weighted by Gasteiger charge is 2.11. The molecule has 0 atom stereocenters. The van der Waals surface area contributed by atoms with E-state index in [0.717, 1.165) is 5.70 Å². The molecular weight excluding hydrogens is 98.1 g/mol. The van der Waals surface area contributed by atoms with Crippen LogP contribution in [0.1, 0.15) is 20.8 Å². The molecule has 0 spiro atoms. The van der Waals surface area contributed by atoms with E-state index in [4.69, 9.17) is 0 Å². The molecular formula is C7H15N. The summed E-state index contributed by atoms with van der Waals surface area (Å²) in [5.74, 6) is 0. The van der Waals surface area contributed by atoms with Crippen molar-refractivity contribution in [1.82, 2.24) is 5.32 Å². The summed E-state index contributed by atoms with van der Waals surface area (Å²) in [6, 6.07) is 0. The van der Waals surface area contributed by atoms with Crippen LogP contribution in [0.15, 0.2) is 12.3 Å². The Morgan fingerprint density at radius 3 is 1.75 bits per heavy atom. The lowest BCUT2D eigenvalue weighted by Gasteiger charge is -2.20. The van der Waals surface area contributed by atoms with E-state index in [9.17, 15) is 0 Å². The van der Waals surface area contributed by atoms with Gasteiger partial charge in [-0.2, -0.15) is 0 Å². The third kappa shape index (κ3) is 2.01.